The predicted octanol–water partition coefficient (Wildman–Crippen LogP) is 4.06. The highest BCUT2D eigenvalue weighted by atomic mass is 16.4. The van der Waals surface area contributed by atoms with Crippen LogP contribution in [0.5, 0.6) is 0 Å². The largest absolute Gasteiger partial charge is 0.478 e. The monoisotopic (exact) mass is 268 g/mol. The zero-order valence-corrected chi connectivity index (χ0v) is 11.5. The first-order valence-corrected chi connectivity index (χ1v) is 6.57. The third-order valence-corrected chi connectivity index (χ3v) is 3.36. The second-order valence-corrected chi connectivity index (χ2v) is 4.50. The highest BCUT2D eigenvalue weighted by molar-refractivity contribution is 5.98. The Labute approximate surface area is 117 Å². The Morgan fingerprint density at radius 1 is 1.20 bits per heavy atom. The van der Waals surface area contributed by atoms with Crippen molar-refractivity contribution in [3.63, 3.8) is 0 Å². The molecule has 20 heavy (non-hydrogen) atoms. The van der Waals surface area contributed by atoms with Gasteiger partial charge in [-0.3, -0.25) is 0 Å². The lowest BCUT2D eigenvalue weighted by Gasteiger charge is -2.05. The molecule has 0 amide bonds. The lowest BCUT2D eigenvalue weighted by molar-refractivity contribution is 0.0696. The summed E-state index contributed by atoms with van der Waals surface area (Å²) >= 11 is 0. The summed E-state index contributed by atoms with van der Waals surface area (Å²) in [6.07, 6.45) is 1.38. The molecular formula is C16H16N2O2. The van der Waals surface area contributed by atoms with Crippen molar-refractivity contribution in [2.75, 3.05) is 0 Å². The first-order chi connectivity index (χ1) is 9.62. The Kier molecular flexibility index (Phi) is 3.90. The van der Waals surface area contributed by atoms with Crippen molar-refractivity contribution >= 4 is 11.7 Å². The number of rotatable bonds is 4. The van der Waals surface area contributed by atoms with Gasteiger partial charge in [0.25, 0.3) is 0 Å². The Morgan fingerprint density at radius 3 is 2.25 bits per heavy atom. The SMILES string of the molecule is [C-]#[N+]c1ccc(-c2c(CC)[nH]c(CC)c2C(=O)O)cc1. The molecule has 0 aliphatic rings. The van der Waals surface area contributed by atoms with Crippen LogP contribution in [0.15, 0.2) is 24.3 Å². The van der Waals surface area contributed by atoms with Crippen molar-refractivity contribution in [3.05, 3.63) is 52.6 Å². The van der Waals surface area contributed by atoms with Crippen molar-refractivity contribution in [1.29, 1.82) is 0 Å². The topological polar surface area (TPSA) is 57.5 Å². The molecule has 2 N–H and O–H groups in total. The third kappa shape index (κ3) is 2.30. The smallest absolute Gasteiger partial charge is 0.338 e. The van der Waals surface area contributed by atoms with Crippen molar-refractivity contribution in [3.8, 4) is 11.1 Å². The summed E-state index contributed by atoms with van der Waals surface area (Å²) in [4.78, 5) is 18.1. The van der Waals surface area contributed by atoms with Gasteiger partial charge in [0.2, 0.25) is 0 Å². The number of hydrogen-bond acceptors (Lipinski definition) is 1. The van der Waals surface area contributed by atoms with E-state index in [9.17, 15) is 9.90 Å². The van der Waals surface area contributed by atoms with Crippen LogP contribution in [0.1, 0.15) is 35.6 Å². The molecule has 102 valence electrons. The fourth-order valence-corrected chi connectivity index (χ4v) is 2.40. The minimum Gasteiger partial charge on any atom is -0.478 e. The average molecular weight is 268 g/mol. The van der Waals surface area contributed by atoms with Gasteiger partial charge in [-0.1, -0.05) is 38.1 Å². The summed E-state index contributed by atoms with van der Waals surface area (Å²) in [7, 11) is 0. The number of carbonyl (C=O) groups is 1. The van der Waals surface area contributed by atoms with E-state index in [1.165, 1.54) is 0 Å². The highest BCUT2D eigenvalue weighted by Crippen LogP contribution is 2.32. The third-order valence-electron chi connectivity index (χ3n) is 3.36. The van der Waals surface area contributed by atoms with E-state index >= 15 is 0 Å². The van der Waals surface area contributed by atoms with Crippen molar-refractivity contribution in [2.24, 2.45) is 0 Å². The number of aromatic amines is 1. The Hall–Kier alpha value is -2.54. The molecule has 0 radical (unpaired) electrons. The molecule has 4 heteroatoms. The van der Waals surface area contributed by atoms with Crippen LogP contribution in [0.4, 0.5) is 5.69 Å². The van der Waals surface area contributed by atoms with Crippen molar-refractivity contribution < 1.29 is 9.90 Å². The second kappa shape index (κ2) is 5.62. The summed E-state index contributed by atoms with van der Waals surface area (Å²) < 4.78 is 0. The summed E-state index contributed by atoms with van der Waals surface area (Å²) in [6.45, 7) is 10.9. The van der Waals surface area contributed by atoms with E-state index in [4.69, 9.17) is 6.57 Å². The number of nitrogens with one attached hydrogen (secondary N) is 1. The fourth-order valence-electron chi connectivity index (χ4n) is 2.40. The van der Waals surface area contributed by atoms with Crippen LogP contribution < -0.4 is 0 Å². The van der Waals surface area contributed by atoms with Crippen molar-refractivity contribution in [1.82, 2.24) is 4.98 Å². The molecule has 1 aromatic heterocycles. The van der Waals surface area contributed by atoms with Crippen LogP contribution in [-0.2, 0) is 12.8 Å². The van der Waals surface area contributed by atoms with Gasteiger partial charge in [0.15, 0.2) is 5.69 Å². The summed E-state index contributed by atoms with van der Waals surface area (Å²) in [5, 5.41) is 9.48. The van der Waals surface area contributed by atoms with Gasteiger partial charge < -0.3 is 10.1 Å². The van der Waals surface area contributed by atoms with Gasteiger partial charge >= 0.3 is 5.97 Å². The van der Waals surface area contributed by atoms with Crippen LogP contribution in [-0.4, -0.2) is 16.1 Å². The molecule has 1 heterocycles. The number of carboxylic acid groups (broad SMARTS) is 1. The molecule has 0 aliphatic heterocycles. The molecule has 0 saturated heterocycles. The molecule has 0 bridgehead atoms. The maximum Gasteiger partial charge on any atom is 0.338 e. The average Bonchev–Trinajstić information content (AvgIpc) is 2.86. The molecule has 2 aromatic rings. The van der Waals surface area contributed by atoms with Crippen LogP contribution in [0, 0.1) is 6.57 Å². The fraction of sp³-hybridized carbons (Fsp3) is 0.250. The maximum absolute atomic E-state index is 11.6. The minimum atomic E-state index is -0.915. The van der Waals surface area contributed by atoms with Crippen LogP contribution in [0.25, 0.3) is 16.0 Å². The van der Waals surface area contributed by atoms with E-state index < -0.39 is 5.97 Å². The summed E-state index contributed by atoms with van der Waals surface area (Å²) in [6, 6.07) is 7.04. The molecule has 0 saturated carbocycles. The van der Waals surface area contributed by atoms with Crippen LogP contribution >= 0.6 is 0 Å². The molecule has 0 aliphatic carbocycles. The molecule has 0 unspecified atom stereocenters. The Morgan fingerprint density at radius 2 is 1.80 bits per heavy atom. The molecule has 2 rings (SSSR count). The van der Waals surface area contributed by atoms with Gasteiger partial charge in [0.1, 0.15) is 0 Å². The normalized spacial score (nSPS) is 10.2. The molecule has 1 aromatic carbocycles. The van der Waals surface area contributed by atoms with E-state index in [0.717, 1.165) is 28.9 Å². The van der Waals surface area contributed by atoms with Crippen LogP contribution in [0.2, 0.25) is 0 Å². The van der Waals surface area contributed by atoms with Gasteiger partial charge in [-0.25, -0.2) is 9.64 Å². The van der Waals surface area contributed by atoms with E-state index in [1.807, 2.05) is 26.0 Å². The van der Waals surface area contributed by atoms with E-state index in [1.54, 1.807) is 12.1 Å². The van der Waals surface area contributed by atoms with Crippen LogP contribution in [0.3, 0.4) is 0 Å². The Bertz CT molecular complexity index is 676. The van der Waals surface area contributed by atoms with Gasteiger partial charge in [-0.2, -0.15) is 0 Å². The maximum atomic E-state index is 11.6. The van der Waals surface area contributed by atoms with Crippen molar-refractivity contribution in [2.45, 2.75) is 26.7 Å². The Balaban J connectivity index is 2.67. The zero-order chi connectivity index (χ0) is 14.7. The number of H-pyrrole nitrogens is 1. The molecule has 0 fully saturated rings. The predicted molar refractivity (Wildman–Crippen MR) is 78.2 cm³/mol. The van der Waals surface area contributed by atoms with Gasteiger partial charge in [0, 0.05) is 17.0 Å². The summed E-state index contributed by atoms with van der Waals surface area (Å²) in [5.74, 6) is -0.915. The number of carboxylic acids is 1. The lowest BCUT2D eigenvalue weighted by Crippen LogP contribution is -2.01. The molecule has 0 atom stereocenters. The van der Waals surface area contributed by atoms with Gasteiger partial charge in [0.05, 0.1) is 12.1 Å². The number of aromatic nitrogens is 1. The molecule has 4 nitrogen and oxygen atoms in total. The summed E-state index contributed by atoms with van der Waals surface area (Å²) in [5.41, 5.74) is 4.15. The number of benzene rings is 1. The standard InChI is InChI=1S/C16H16N2O2/c1-4-12-14(10-6-8-11(17-3)9-7-10)15(16(19)20)13(5-2)18-12/h6-9,18H,4-5H2,1-2H3,(H,19,20). The molecular weight excluding hydrogens is 252 g/mol. The quantitative estimate of drug-likeness (QED) is 0.822. The number of hydrogen-bond donors (Lipinski definition) is 2. The first kappa shape index (κ1) is 13.9. The van der Waals surface area contributed by atoms with E-state index in [0.29, 0.717) is 17.7 Å². The number of aryl methyl sites for hydroxylation is 2. The molecule has 0 spiro atoms. The highest BCUT2D eigenvalue weighted by Gasteiger charge is 2.22. The van der Waals surface area contributed by atoms with Gasteiger partial charge in [-0.15, -0.1) is 0 Å². The minimum absolute atomic E-state index is 0.347. The van der Waals surface area contributed by atoms with E-state index in [-0.39, 0.29) is 0 Å². The number of nitrogens with zero attached hydrogens (tertiary/aromatic N) is 1. The number of aromatic carboxylic acids is 1. The second-order valence-electron chi connectivity index (χ2n) is 4.50. The van der Waals surface area contributed by atoms with Gasteiger partial charge in [-0.05, 0) is 18.4 Å². The van der Waals surface area contributed by atoms with E-state index in [2.05, 4.69) is 9.83 Å². The zero-order valence-electron chi connectivity index (χ0n) is 11.5. The lowest BCUT2D eigenvalue weighted by atomic mass is 9.98. The first-order valence-electron chi connectivity index (χ1n) is 6.57.